The van der Waals surface area contributed by atoms with Gasteiger partial charge in [-0.15, -0.1) is 0 Å². The van der Waals surface area contributed by atoms with Crippen LogP contribution in [0.5, 0.6) is 0 Å². The molecule has 0 aliphatic carbocycles. The van der Waals surface area contributed by atoms with Crippen LogP contribution in [0.15, 0.2) is 24.5 Å². The number of rotatable bonds is 5. The van der Waals surface area contributed by atoms with Gasteiger partial charge in [0.25, 0.3) is 0 Å². The normalized spacial score (nSPS) is 11.0. The molecule has 0 aliphatic rings. The van der Waals surface area contributed by atoms with Gasteiger partial charge in [-0.1, -0.05) is 12.0 Å². The zero-order valence-electron chi connectivity index (χ0n) is 20.0. The monoisotopic (exact) mass is 463 g/mol. The molecule has 0 bridgehead atoms. The molecule has 3 rings (SSSR count). The zero-order chi connectivity index (χ0) is 24.9. The highest BCUT2D eigenvalue weighted by Crippen LogP contribution is 2.29. The first-order valence-electron chi connectivity index (χ1n) is 10.9. The van der Waals surface area contributed by atoms with Crippen LogP contribution in [0.1, 0.15) is 51.6 Å². The van der Waals surface area contributed by atoms with E-state index < -0.39 is 11.7 Å². The molecule has 0 fully saturated rings. The number of carbonyl (C=O) groups is 2. The van der Waals surface area contributed by atoms with E-state index in [1.807, 2.05) is 19.1 Å². The summed E-state index contributed by atoms with van der Waals surface area (Å²) in [5.41, 5.74) is 8.42. The van der Waals surface area contributed by atoms with E-state index in [-0.39, 0.29) is 11.7 Å². The van der Waals surface area contributed by atoms with E-state index in [1.165, 1.54) is 18.2 Å². The van der Waals surface area contributed by atoms with Crippen LogP contribution in [0, 0.1) is 11.8 Å². The fraction of sp³-hybridized carbons (Fsp3) is 0.375. The van der Waals surface area contributed by atoms with Crippen LogP contribution in [0.3, 0.4) is 0 Å². The van der Waals surface area contributed by atoms with Crippen LogP contribution in [0.4, 0.5) is 16.4 Å². The first kappa shape index (κ1) is 24.5. The number of pyridine rings is 2. The lowest BCUT2D eigenvalue weighted by atomic mass is 10.2. The minimum absolute atomic E-state index is 0.0845. The van der Waals surface area contributed by atoms with Crippen molar-refractivity contribution >= 4 is 34.7 Å². The number of imidazole rings is 1. The van der Waals surface area contributed by atoms with Gasteiger partial charge in [0.1, 0.15) is 28.1 Å². The number of hydrogen-bond acceptors (Lipinski definition) is 7. The van der Waals surface area contributed by atoms with E-state index in [0.29, 0.717) is 47.6 Å². The van der Waals surface area contributed by atoms with Crippen LogP contribution in [0.25, 0.3) is 11.0 Å². The number of aromatic nitrogens is 4. The average Bonchev–Trinajstić information content (AvgIpc) is 3.22. The lowest BCUT2D eigenvalue weighted by molar-refractivity contribution is -0.118. The molecule has 0 saturated heterocycles. The van der Waals surface area contributed by atoms with Crippen molar-refractivity contribution in [1.82, 2.24) is 25.3 Å². The lowest BCUT2D eigenvalue weighted by Gasteiger charge is -2.26. The molecule has 10 heteroatoms. The number of nitrogens with zero attached hydrogens (tertiary/aromatic N) is 4. The number of carbonyl (C=O) groups excluding carboxylic acids is 2. The Morgan fingerprint density at radius 3 is 2.68 bits per heavy atom. The van der Waals surface area contributed by atoms with E-state index in [0.717, 1.165) is 5.69 Å². The van der Waals surface area contributed by atoms with Crippen molar-refractivity contribution in [2.75, 3.05) is 23.7 Å². The average molecular weight is 464 g/mol. The van der Waals surface area contributed by atoms with Crippen molar-refractivity contribution in [1.29, 1.82) is 0 Å². The molecule has 0 spiro atoms. The fourth-order valence-electron chi connectivity index (χ4n) is 3.18. The molecule has 0 saturated carbocycles. The van der Waals surface area contributed by atoms with Crippen molar-refractivity contribution in [3.8, 4) is 11.8 Å². The number of nitrogens with one attached hydrogen (secondary N) is 2. The molecule has 0 aromatic carbocycles. The molecule has 34 heavy (non-hydrogen) atoms. The quantitative estimate of drug-likeness (QED) is 0.494. The van der Waals surface area contributed by atoms with E-state index in [9.17, 15) is 9.59 Å². The Bertz CT molecular complexity index is 1270. The summed E-state index contributed by atoms with van der Waals surface area (Å²) in [6.45, 7) is 9.52. The van der Waals surface area contributed by atoms with Crippen LogP contribution in [-0.2, 0) is 16.0 Å². The molecule has 3 aromatic heterocycles. The summed E-state index contributed by atoms with van der Waals surface area (Å²) in [6.07, 6.45) is 1.57. The lowest BCUT2D eigenvalue weighted by Crippen LogP contribution is -2.37. The number of H-pyrrole nitrogens is 1. The zero-order valence-corrected chi connectivity index (χ0v) is 20.0. The van der Waals surface area contributed by atoms with Crippen LogP contribution >= 0.6 is 0 Å². The number of ether oxygens (including phenoxy) is 1. The Hall–Kier alpha value is -4.13. The van der Waals surface area contributed by atoms with E-state index in [4.69, 9.17) is 10.5 Å². The Kier molecular flexibility index (Phi) is 7.36. The first-order valence-corrected chi connectivity index (χ1v) is 10.9. The molecular formula is C24H29N7O3. The van der Waals surface area contributed by atoms with Crippen molar-refractivity contribution in [3.63, 3.8) is 0 Å². The summed E-state index contributed by atoms with van der Waals surface area (Å²) in [6, 6.07) is 5.52. The second-order valence-electron chi connectivity index (χ2n) is 8.54. The van der Waals surface area contributed by atoms with Gasteiger partial charge in [-0.3, -0.25) is 9.69 Å². The maximum atomic E-state index is 12.7. The van der Waals surface area contributed by atoms with Gasteiger partial charge in [-0.2, -0.15) is 0 Å². The molecule has 3 aromatic rings. The molecule has 10 nitrogen and oxygen atoms in total. The summed E-state index contributed by atoms with van der Waals surface area (Å²) in [5, 5.41) is 2.75. The Morgan fingerprint density at radius 1 is 1.24 bits per heavy atom. The maximum absolute atomic E-state index is 12.7. The number of hydrogen-bond donors (Lipinski definition) is 3. The Balaban J connectivity index is 1.93. The van der Waals surface area contributed by atoms with E-state index in [1.54, 1.807) is 26.8 Å². The summed E-state index contributed by atoms with van der Waals surface area (Å²) < 4.78 is 5.51. The minimum atomic E-state index is -0.655. The molecule has 4 N–H and O–H groups in total. The Morgan fingerprint density at radius 2 is 2.00 bits per heavy atom. The van der Waals surface area contributed by atoms with Crippen LogP contribution < -0.4 is 16.0 Å². The van der Waals surface area contributed by atoms with E-state index >= 15 is 0 Å². The van der Waals surface area contributed by atoms with Crippen molar-refractivity contribution < 1.29 is 14.3 Å². The van der Waals surface area contributed by atoms with Gasteiger partial charge in [0, 0.05) is 32.1 Å². The summed E-state index contributed by atoms with van der Waals surface area (Å²) in [5.74, 6) is 6.42. The highest BCUT2D eigenvalue weighted by atomic mass is 16.6. The van der Waals surface area contributed by atoms with Gasteiger partial charge in [-0.05, 0) is 45.7 Å². The third kappa shape index (κ3) is 6.01. The van der Waals surface area contributed by atoms with E-state index in [2.05, 4.69) is 37.1 Å². The highest BCUT2D eigenvalue weighted by molar-refractivity contribution is 6.00. The standard InChI is InChI=1S/C24H29N7O3/c1-6-31(23(33)34-24(3,4)5)22-20-19(27-14-28-20)18(21(25)30-22)11-10-16-8-7-9-17(29-16)12-13-26-15(2)32/h7-9,14H,6,12-13H2,1-5H3,(H2,25,30)(H,26,32)(H,27,28). The predicted octanol–water partition coefficient (Wildman–Crippen LogP) is 2.77. The summed E-state index contributed by atoms with van der Waals surface area (Å²) in [7, 11) is 0. The summed E-state index contributed by atoms with van der Waals surface area (Å²) >= 11 is 0. The molecule has 0 atom stereocenters. The van der Waals surface area contributed by atoms with Gasteiger partial charge in [0.05, 0.1) is 11.9 Å². The molecule has 2 amide bonds. The number of aromatic amines is 1. The third-order valence-electron chi connectivity index (χ3n) is 4.65. The van der Waals surface area contributed by atoms with Gasteiger partial charge >= 0.3 is 6.09 Å². The molecule has 0 unspecified atom stereocenters. The van der Waals surface area contributed by atoms with Crippen LogP contribution in [-0.4, -0.2) is 50.6 Å². The van der Waals surface area contributed by atoms with Gasteiger partial charge in [0.2, 0.25) is 5.91 Å². The van der Waals surface area contributed by atoms with Crippen molar-refractivity contribution in [2.45, 2.75) is 46.6 Å². The molecular weight excluding hydrogens is 434 g/mol. The number of anilines is 2. The third-order valence-corrected chi connectivity index (χ3v) is 4.65. The molecule has 0 aliphatic heterocycles. The molecule has 178 valence electrons. The highest BCUT2D eigenvalue weighted by Gasteiger charge is 2.26. The van der Waals surface area contributed by atoms with Gasteiger partial charge in [0.15, 0.2) is 5.82 Å². The topological polar surface area (TPSA) is 139 Å². The van der Waals surface area contributed by atoms with Crippen LogP contribution in [0.2, 0.25) is 0 Å². The largest absolute Gasteiger partial charge is 0.443 e. The Labute approximate surface area is 198 Å². The fourth-order valence-corrected chi connectivity index (χ4v) is 3.18. The summed E-state index contributed by atoms with van der Waals surface area (Å²) in [4.78, 5) is 41.5. The van der Waals surface area contributed by atoms with Gasteiger partial charge < -0.3 is 20.8 Å². The number of amides is 2. The van der Waals surface area contributed by atoms with Crippen molar-refractivity contribution in [3.05, 3.63) is 41.5 Å². The SMILES string of the molecule is CCN(C(=O)OC(C)(C)C)c1nc(N)c(C#Cc2cccc(CCNC(C)=O)n2)c2nc[nH]c12. The minimum Gasteiger partial charge on any atom is -0.443 e. The first-order chi connectivity index (χ1) is 16.1. The number of fused-ring (bicyclic) bond motifs is 1. The smallest absolute Gasteiger partial charge is 0.416 e. The number of nitrogens with two attached hydrogens (primary N) is 1. The van der Waals surface area contributed by atoms with Crippen molar-refractivity contribution in [2.24, 2.45) is 0 Å². The van der Waals surface area contributed by atoms with Gasteiger partial charge in [-0.25, -0.2) is 19.7 Å². The molecule has 0 radical (unpaired) electrons. The number of nitrogen functional groups attached to an aromatic ring is 1. The second-order valence-corrected chi connectivity index (χ2v) is 8.54. The second kappa shape index (κ2) is 10.2. The maximum Gasteiger partial charge on any atom is 0.416 e. The molecule has 3 heterocycles. The predicted molar refractivity (Wildman–Crippen MR) is 130 cm³/mol.